The number of nitrogens with one attached hydrogen (secondary N) is 3. The van der Waals surface area contributed by atoms with E-state index in [1.165, 1.54) is 13.2 Å². The Kier molecular flexibility index (Phi) is 7.66. The highest BCUT2D eigenvalue weighted by molar-refractivity contribution is 6.07. The van der Waals surface area contributed by atoms with Crippen LogP contribution in [0.15, 0.2) is 47.4 Å². The number of nitrogens with zero attached hydrogens (tertiary/aromatic N) is 2. The molecule has 0 radical (unpaired) electrons. The van der Waals surface area contributed by atoms with Gasteiger partial charge in [0.15, 0.2) is 0 Å². The Morgan fingerprint density at radius 3 is 2.59 bits per heavy atom. The van der Waals surface area contributed by atoms with E-state index in [0.29, 0.717) is 23.1 Å². The van der Waals surface area contributed by atoms with Crippen molar-refractivity contribution in [3.8, 4) is 0 Å². The molecule has 206 valence electrons. The Balaban J connectivity index is 1.77. The van der Waals surface area contributed by atoms with Crippen LogP contribution in [0.25, 0.3) is 16.5 Å². The molecule has 0 unspecified atom stereocenters. The topological polar surface area (TPSA) is 118 Å². The molecule has 9 nitrogen and oxygen atoms in total. The lowest BCUT2D eigenvalue weighted by atomic mass is 9.80. The number of esters is 1. The maximum atomic E-state index is 13.6. The summed E-state index contributed by atoms with van der Waals surface area (Å²) in [4.78, 5) is 40.5. The highest BCUT2D eigenvalue weighted by atomic mass is 16.5. The molecule has 0 aliphatic carbocycles. The molecule has 0 saturated carbocycles. The largest absolute Gasteiger partial charge is 0.466 e. The van der Waals surface area contributed by atoms with Crippen molar-refractivity contribution in [1.29, 1.82) is 0 Å². The number of benzene rings is 1. The number of rotatable bonds is 7. The van der Waals surface area contributed by atoms with E-state index in [0.717, 1.165) is 34.3 Å². The number of aryl methyl sites for hydroxylation is 2. The zero-order chi connectivity index (χ0) is 28.5. The van der Waals surface area contributed by atoms with Crippen molar-refractivity contribution in [3.05, 3.63) is 80.9 Å². The number of aromatic amines is 1. The number of ether oxygens (including phenoxy) is 1. The van der Waals surface area contributed by atoms with Gasteiger partial charge in [-0.3, -0.25) is 14.3 Å². The number of hydrogen-bond acceptors (Lipinski definition) is 6. The van der Waals surface area contributed by atoms with Gasteiger partial charge in [0.25, 0.3) is 11.5 Å². The van der Waals surface area contributed by atoms with Crippen molar-refractivity contribution in [3.63, 3.8) is 0 Å². The first-order chi connectivity index (χ1) is 18.3. The minimum Gasteiger partial charge on any atom is -0.466 e. The van der Waals surface area contributed by atoms with Gasteiger partial charge in [-0.25, -0.2) is 4.79 Å². The van der Waals surface area contributed by atoms with Crippen molar-refractivity contribution in [2.24, 2.45) is 0 Å². The molecule has 1 aromatic carbocycles. The van der Waals surface area contributed by atoms with E-state index < -0.39 is 5.97 Å². The molecular weight excluding hydrogens is 494 g/mol. The lowest BCUT2D eigenvalue weighted by Gasteiger charge is -2.41. The van der Waals surface area contributed by atoms with E-state index in [2.05, 4.69) is 59.2 Å². The van der Waals surface area contributed by atoms with Crippen molar-refractivity contribution < 1.29 is 14.3 Å². The molecule has 1 aliphatic heterocycles. The van der Waals surface area contributed by atoms with E-state index in [1.54, 1.807) is 17.0 Å². The van der Waals surface area contributed by atoms with Gasteiger partial charge in [0.2, 0.25) is 0 Å². The molecule has 0 atom stereocenters. The standard InChI is InChI=1S/C30H37N5O4/c1-18-11-19(2)33-28(38)23(18)16-31-27(37)22-12-20(21-14-29(3,4)34-30(5,6)15-21)13-25-24(22)17-32-35(25)10-8-9-26(36)39-7/h8-9,11-14,17,34H,10,15-16H2,1-7H3,(H,31,37)(H,33,38). The van der Waals surface area contributed by atoms with Crippen LogP contribution in [0.5, 0.6) is 0 Å². The summed E-state index contributed by atoms with van der Waals surface area (Å²) in [5.41, 5.74) is 4.84. The zero-order valence-corrected chi connectivity index (χ0v) is 23.7. The Labute approximate surface area is 228 Å². The molecule has 1 aliphatic rings. The zero-order valence-electron chi connectivity index (χ0n) is 23.7. The van der Waals surface area contributed by atoms with Gasteiger partial charge < -0.3 is 20.4 Å². The summed E-state index contributed by atoms with van der Waals surface area (Å²) in [5.74, 6) is -0.739. The second-order valence-corrected chi connectivity index (χ2v) is 11.4. The highest BCUT2D eigenvalue weighted by Gasteiger charge is 2.33. The number of methoxy groups -OCH3 is 1. The minimum atomic E-state index is -0.446. The molecule has 3 N–H and O–H groups in total. The molecule has 1 amide bonds. The molecular formula is C30H37N5O4. The molecule has 0 spiro atoms. The van der Waals surface area contributed by atoms with Gasteiger partial charge in [-0.2, -0.15) is 5.10 Å². The Hall–Kier alpha value is -3.98. The predicted molar refractivity (Wildman–Crippen MR) is 152 cm³/mol. The highest BCUT2D eigenvalue weighted by Crippen LogP contribution is 2.35. The first-order valence-electron chi connectivity index (χ1n) is 13.0. The van der Waals surface area contributed by atoms with Gasteiger partial charge in [-0.1, -0.05) is 12.2 Å². The molecule has 39 heavy (non-hydrogen) atoms. The summed E-state index contributed by atoms with van der Waals surface area (Å²) in [6.45, 7) is 12.7. The third-order valence-corrected chi connectivity index (χ3v) is 6.86. The maximum absolute atomic E-state index is 13.6. The fraction of sp³-hybridized carbons (Fsp3) is 0.400. The number of allylic oxidation sites excluding steroid dienone is 1. The molecule has 0 bridgehead atoms. The monoisotopic (exact) mass is 531 g/mol. The number of carbonyl (C=O) groups is 2. The number of carbonyl (C=O) groups excluding carboxylic acids is 2. The molecule has 0 saturated heterocycles. The van der Waals surface area contributed by atoms with Crippen LogP contribution in [0, 0.1) is 13.8 Å². The van der Waals surface area contributed by atoms with Crippen LogP contribution in [0.2, 0.25) is 0 Å². The summed E-state index contributed by atoms with van der Waals surface area (Å²) >= 11 is 0. The van der Waals surface area contributed by atoms with Crippen molar-refractivity contribution >= 4 is 28.4 Å². The van der Waals surface area contributed by atoms with Crippen LogP contribution >= 0.6 is 0 Å². The van der Waals surface area contributed by atoms with Crippen LogP contribution in [0.4, 0.5) is 0 Å². The second kappa shape index (κ2) is 10.6. The fourth-order valence-electron chi connectivity index (χ4n) is 5.48. The average Bonchev–Trinajstić information content (AvgIpc) is 3.23. The third kappa shape index (κ3) is 6.37. The normalized spacial score (nSPS) is 16.3. The lowest BCUT2D eigenvalue weighted by Crippen LogP contribution is -2.53. The molecule has 3 aromatic rings. The van der Waals surface area contributed by atoms with Crippen LogP contribution in [0.1, 0.15) is 66.9 Å². The molecule has 4 rings (SSSR count). The molecule has 9 heteroatoms. The SMILES string of the molecule is COC(=O)C=CCn1ncc2c(C(=O)NCc3c(C)cc(C)[nH]c3=O)cc(C3=CC(C)(C)NC(C)(C)C3)cc21. The second-order valence-electron chi connectivity index (χ2n) is 11.4. The number of H-pyrrole nitrogens is 1. The predicted octanol–water partition coefficient (Wildman–Crippen LogP) is 3.93. The van der Waals surface area contributed by atoms with Crippen LogP contribution in [-0.4, -0.2) is 44.8 Å². The minimum absolute atomic E-state index is 0.106. The first kappa shape index (κ1) is 28.0. The number of fused-ring (bicyclic) bond motifs is 1. The number of hydrogen-bond donors (Lipinski definition) is 3. The fourth-order valence-corrected chi connectivity index (χ4v) is 5.48. The number of aromatic nitrogens is 3. The van der Waals surface area contributed by atoms with E-state index in [4.69, 9.17) is 0 Å². The summed E-state index contributed by atoms with van der Waals surface area (Å²) in [6.07, 6.45) is 7.67. The summed E-state index contributed by atoms with van der Waals surface area (Å²) in [5, 5.41) is 11.8. The molecule has 2 aromatic heterocycles. The maximum Gasteiger partial charge on any atom is 0.330 e. The quantitative estimate of drug-likeness (QED) is 0.314. The summed E-state index contributed by atoms with van der Waals surface area (Å²) in [6, 6.07) is 5.84. The van der Waals surface area contributed by atoms with Gasteiger partial charge in [0.1, 0.15) is 0 Å². The third-order valence-electron chi connectivity index (χ3n) is 6.86. The van der Waals surface area contributed by atoms with E-state index in [-0.39, 0.29) is 29.1 Å². The Morgan fingerprint density at radius 2 is 1.92 bits per heavy atom. The van der Waals surface area contributed by atoms with Crippen LogP contribution < -0.4 is 16.2 Å². The Bertz CT molecular complexity index is 1560. The molecule has 0 fully saturated rings. The van der Waals surface area contributed by atoms with Gasteiger partial charge in [0.05, 0.1) is 30.9 Å². The van der Waals surface area contributed by atoms with E-state index >= 15 is 0 Å². The number of pyridine rings is 1. The number of amides is 1. The van der Waals surface area contributed by atoms with Crippen molar-refractivity contribution in [2.45, 2.75) is 72.1 Å². The van der Waals surface area contributed by atoms with Crippen molar-refractivity contribution in [2.75, 3.05) is 7.11 Å². The summed E-state index contributed by atoms with van der Waals surface area (Å²) in [7, 11) is 1.33. The molecule has 3 heterocycles. The van der Waals surface area contributed by atoms with Crippen molar-refractivity contribution in [1.82, 2.24) is 25.4 Å². The van der Waals surface area contributed by atoms with Gasteiger partial charge >= 0.3 is 5.97 Å². The van der Waals surface area contributed by atoms with E-state index in [9.17, 15) is 14.4 Å². The lowest BCUT2D eigenvalue weighted by molar-refractivity contribution is -0.134. The summed E-state index contributed by atoms with van der Waals surface area (Å²) < 4.78 is 6.44. The smallest absolute Gasteiger partial charge is 0.330 e. The Morgan fingerprint density at radius 1 is 1.18 bits per heavy atom. The van der Waals surface area contributed by atoms with Crippen LogP contribution in [-0.2, 0) is 22.6 Å². The van der Waals surface area contributed by atoms with E-state index in [1.807, 2.05) is 32.0 Å². The van der Waals surface area contributed by atoms with Gasteiger partial charge in [-0.15, -0.1) is 0 Å². The average molecular weight is 532 g/mol. The first-order valence-corrected chi connectivity index (χ1v) is 13.0. The van der Waals surface area contributed by atoms with Gasteiger partial charge in [0, 0.05) is 40.3 Å². The van der Waals surface area contributed by atoms with Gasteiger partial charge in [-0.05, 0) is 82.9 Å². The van der Waals surface area contributed by atoms with Crippen LogP contribution in [0.3, 0.4) is 0 Å².